The van der Waals surface area contributed by atoms with E-state index in [1.54, 1.807) is 4.90 Å². The number of halogens is 4. The summed E-state index contributed by atoms with van der Waals surface area (Å²) in [5.41, 5.74) is 0.0356. The van der Waals surface area contributed by atoms with Gasteiger partial charge < -0.3 is 9.88 Å². The summed E-state index contributed by atoms with van der Waals surface area (Å²) in [6, 6.07) is 0. The number of rotatable bonds is 1. The second kappa shape index (κ2) is 5.09. The smallest absolute Gasteiger partial charge is 0.342 e. The highest BCUT2D eigenvalue weighted by Gasteiger charge is 2.38. The molecule has 21 heavy (non-hydrogen) atoms. The molecular formula is C11H8BrF3N4OS. The van der Waals surface area contributed by atoms with Crippen LogP contribution in [0.2, 0.25) is 0 Å². The maximum atomic E-state index is 12.8. The summed E-state index contributed by atoms with van der Waals surface area (Å²) in [5, 5.41) is 0.266. The molecule has 0 bridgehead atoms. The van der Waals surface area contributed by atoms with Crippen LogP contribution in [0.25, 0.3) is 0 Å². The number of H-pyrrole nitrogens is 1. The molecule has 0 aromatic carbocycles. The predicted octanol–water partition coefficient (Wildman–Crippen LogP) is 2.57. The van der Waals surface area contributed by atoms with E-state index in [2.05, 4.69) is 30.9 Å². The first-order valence-corrected chi connectivity index (χ1v) is 7.51. The minimum absolute atomic E-state index is 0.0466. The topological polar surface area (TPSA) is 61.9 Å². The number of nitrogens with zero attached hydrogens (tertiary/aromatic N) is 3. The molecule has 2 aromatic rings. The van der Waals surface area contributed by atoms with Gasteiger partial charge >= 0.3 is 6.18 Å². The van der Waals surface area contributed by atoms with E-state index in [1.165, 1.54) is 6.33 Å². The van der Waals surface area contributed by atoms with Crippen molar-refractivity contribution in [2.45, 2.75) is 19.1 Å². The van der Waals surface area contributed by atoms with Gasteiger partial charge in [-0.1, -0.05) is 11.3 Å². The average molecular weight is 381 g/mol. The van der Waals surface area contributed by atoms with Gasteiger partial charge in [0.05, 0.1) is 18.6 Å². The molecule has 0 radical (unpaired) electrons. The van der Waals surface area contributed by atoms with E-state index in [-0.39, 0.29) is 21.0 Å². The van der Waals surface area contributed by atoms with E-state index >= 15 is 0 Å². The van der Waals surface area contributed by atoms with Crippen LogP contribution in [0.4, 0.5) is 18.3 Å². The van der Waals surface area contributed by atoms with Crippen molar-refractivity contribution in [2.24, 2.45) is 0 Å². The first-order chi connectivity index (χ1) is 9.86. The molecule has 3 rings (SSSR count). The van der Waals surface area contributed by atoms with Gasteiger partial charge in [0.15, 0.2) is 10.8 Å². The van der Waals surface area contributed by atoms with E-state index in [4.69, 9.17) is 0 Å². The van der Waals surface area contributed by atoms with Crippen LogP contribution in [0.15, 0.2) is 14.9 Å². The van der Waals surface area contributed by atoms with Gasteiger partial charge in [0.25, 0.3) is 5.56 Å². The zero-order valence-electron chi connectivity index (χ0n) is 10.4. The minimum Gasteiger partial charge on any atom is -0.342 e. The summed E-state index contributed by atoms with van der Waals surface area (Å²) in [7, 11) is 0. The number of fused-ring (bicyclic) bond motifs is 1. The van der Waals surface area contributed by atoms with Gasteiger partial charge in [0, 0.05) is 12.1 Å². The molecule has 0 spiro atoms. The lowest BCUT2D eigenvalue weighted by Gasteiger charge is -2.26. The normalized spacial score (nSPS) is 15.1. The van der Waals surface area contributed by atoms with E-state index in [0.717, 1.165) is 11.3 Å². The van der Waals surface area contributed by atoms with Crippen LogP contribution in [0.1, 0.15) is 17.0 Å². The molecule has 2 aromatic heterocycles. The monoisotopic (exact) mass is 380 g/mol. The number of thiazole rings is 1. The summed E-state index contributed by atoms with van der Waals surface area (Å²) < 4.78 is 38.2. The van der Waals surface area contributed by atoms with Gasteiger partial charge in [-0.3, -0.25) is 4.79 Å². The number of hydrogen-bond acceptors (Lipinski definition) is 5. The number of alkyl halides is 3. The first-order valence-electron chi connectivity index (χ1n) is 5.90. The predicted molar refractivity (Wildman–Crippen MR) is 74.4 cm³/mol. The largest absolute Gasteiger partial charge is 0.435 e. The maximum absolute atomic E-state index is 12.8. The maximum Gasteiger partial charge on any atom is 0.435 e. The van der Waals surface area contributed by atoms with Crippen LogP contribution < -0.4 is 10.5 Å². The second-order valence-corrected chi connectivity index (χ2v) is 6.74. The van der Waals surface area contributed by atoms with Crippen molar-refractivity contribution in [1.29, 1.82) is 0 Å². The summed E-state index contributed by atoms with van der Waals surface area (Å²) >= 11 is 3.83. The zero-order chi connectivity index (χ0) is 15.2. The van der Waals surface area contributed by atoms with Crippen LogP contribution in [0.3, 0.4) is 0 Å². The van der Waals surface area contributed by atoms with E-state index < -0.39 is 11.9 Å². The highest BCUT2D eigenvalue weighted by molar-refractivity contribution is 9.11. The molecule has 112 valence electrons. The number of nitrogens with one attached hydrogen (secondary N) is 1. The third-order valence-corrected chi connectivity index (χ3v) is 4.89. The van der Waals surface area contributed by atoms with Crippen molar-refractivity contribution < 1.29 is 13.2 Å². The zero-order valence-corrected chi connectivity index (χ0v) is 12.8. The molecule has 1 aliphatic heterocycles. The lowest BCUT2D eigenvalue weighted by atomic mass is 10.1. The van der Waals surface area contributed by atoms with Gasteiger partial charge in [0.2, 0.25) is 0 Å². The summed E-state index contributed by atoms with van der Waals surface area (Å²) in [5.74, 6) is 0. The minimum atomic E-state index is -4.49. The number of hydrogen-bond donors (Lipinski definition) is 1. The summed E-state index contributed by atoms with van der Waals surface area (Å²) in [4.78, 5) is 23.5. The number of anilines is 1. The molecule has 1 N–H and O–H groups in total. The standard InChI is InChI=1S/C11H8BrF3N4OS/c12-8-7(11(13,14)15)18-10(21-8)19-2-1-5-6(3-19)16-4-17-9(5)20/h4H,1-3H2,(H,16,17,20). The lowest BCUT2D eigenvalue weighted by molar-refractivity contribution is -0.141. The Morgan fingerprint density at radius 3 is 2.86 bits per heavy atom. The van der Waals surface area contributed by atoms with Crippen molar-refractivity contribution in [3.05, 3.63) is 37.4 Å². The molecule has 0 unspecified atom stereocenters. The molecule has 5 nitrogen and oxygen atoms in total. The van der Waals surface area contributed by atoms with Crippen molar-refractivity contribution in [2.75, 3.05) is 11.4 Å². The Labute approximate surface area is 129 Å². The van der Waals surface area contributed by atoms with Crippen LogP contribution in [-0.4, -0.2) is 21.5 Å². The van der Waals surface area contributed by atoms with Gasteiger partial charge in [-0.25, -0.2) is 9.97 Å². The fraction of sp³-hybridized carbons (Fsp3) is 0.364. The van der Waals surface area contributed by atoms with Gasteiger partial charge in [-0.05, 0) is 22.4 Å². The average Bonchev–Trinajstić information content (AvgIpc) is 2.81. The molecule has 3 heterocycles. The Morgan fingerprint density at radius 1 is 1.43 bits per heavy atom. The molecule has 0 atom stereocenters. The molecule has 1 aliphatic rings. The Bertz CT molecular complexity index is 742. The van der Waals surface area contributed by atoms with Crippen molar-refractivity contribution in [3.63, 3.8) is 0 Å². The third kappa shape index (κ3) is 2.69. The van der Waals surface area contributed by atoms with Crippen LogP contribution in [0, 0.1) is 0 Å². The first kappa shape index (κ1) is 14.5. The summed E-state index contributed by atoms with van der Waals surface area (Å²) in [6.45, 7) is 0.704. The van der Waals surface area contributed by atoms with E-state index in [9.17, 15) is 18.0 Å². The second-order valence-electron chi connectivity index (χ2n) is 4.44. The number of aromatic amines is 1. The Hall–Kier alpha value is -1.42. The molecule has 0 amide bonds. The molecule has 0 saturated heterocycles. The van der Waals surface area contributed by atoms with Gasteiger partial charge in [0.1, 0.15) is 3.79 Å². The Morgan fingerprint density at radius 2 is 2.19 bits per heavy atom. The highest BCUT2D eigenvalue weighted by Crippen LogP contribution is 2.41. The van der Waals surface area contributed by atoms with Crippen LogP contribution >= 0.6 is 27.3 Å². The molecule has 0 saturated carbocycles. The Kier molecular flexibility index (Phi) is 3.52. The van der Waals surface area contributed by atoms with Crippen molar-refractivity contribution in [1.82, 2.24) is 15.0 Å². The fourth-order valence-electron chi connectivity index (χ4n) is 2.13. The highest BCUT2D eigenvalue weighted by atomic mass is 79.9. The fourth-order valence-corrected chi connectivity index (χ4v) is 3.72. The Balaban J connectivity index is 1.92. The SMILES string of the molecule is O=c1[nH]cnc2c1CCN(c1nc(C(F)(F)F)c(Br)s1)C2. The van der Waals surface area contributed by atoms with E-state index in [1.807, 2.05) is 0 Å². The van der Waals surface area contributed by atoms with Gasteiger partial charge in [-0.15, -0.1) is 0 Å². The molecule has 10 heteroatoms. The van der Waals surface area contributed by atoms with Crippen molar-refractivity contribution in [3.8, 4) is 0 Å². The van der Waals surface area contributed by atoms with Gasteiger partial charge in [-0.2, -0.15) is 13.2 Å². The third-order valence-electron chi connectivity index (χ3n) is 3.12. The molecular weight excluding hydrogens is 373 g/mol. The molecule has 0 fully saturated rings. The van der Waals surface area contributed by atoms with Crippen LogP contribution in [0.5, 0.6) is 0 Å². The van der Waals surface area contributed by atoms with E-state index in [0.29, 0.717) is 24.2 Å². The van der Waals surface area contributed by atoms with Crippen LogP contribution in [-0.2, 0) is 19.1 Å². The summed E-state index contributed by atoms with van der Waals surface area (Å²) in [6.07, 6.45) is -2.77. The quantitative estimate of drug-likeness (QED) is 0.825. The number of aromatic nitrogens is 3. The lowest BCUT2D eigenvalue weighted by Crippen LogP contribution is -2.34. The molecule has 0 aliphatic carbocycles. The van der Waals surface area contributed by atoms with Crippen molar-refractivity contribution >= 4 is 32.4 Å².